The molecular weight excluding hydrogens is 411 g/mol. The van der Waals surface area contributed by atoms with Crippen LogP contribution in [0, 0.1) is 17.5 Å². The third-order valence-electron chi connectivity index (χ3n) is 5.62. The van der Waals surface area contributed by atoms with Crippen molar-refractivity contribution in [1.29, 1.82) is 0 Å². The Hall–Kier alpha value is -2.88. The molecule has 1 aliphatic carbocycles. The first-order chi connectivity index (χ1) is 14.7. The number of nitrogens with zero attached hydrogens (tertiary/aromatic N) is 3. The normalized spacial score (nSPS) is 16.7. The summed E-state index contributed by atoms with van der Waals surface area (Å²) in [7, 11) is 0. The van der Waals surface area contributed by atoms with Gasteiger partial charge in [-0.2, -0.15) is 0 Å². The van der Waals surface area contributed by atoms with Gasteiger partial charge in [-0.05, 0) is 30.9 Å². The predicted molar refractivity (Wildman–Crippen MR) is 107 cm³/mol. The summed E-state index contributed by atoms with van der Waals surface area (Å²) in [5.74, 6) is -1.95. The Balaban J connectivity index is 1.42. The molecular formula is C21H24F3N5O2. The van der Waals surface area contributed by atoms with Gasteiger partial charge in [0.2, 0.25) is 11.8 Å². The molecule has 2 aliphatic rings. The zero-order valence-corrected chi connectivity index (χ0v) is 17.1. The van der Waals surface area contributed by atoms with Gasteiger partial charge in [0.15, 0.2) is 11.6 Å². The van der Waals surface area contributed by atoms with E-state index in [1.165, 1.54) is 6.92 Å². The van der Waals surface area contributed by atoms with Crippen LogP contribution in [0.2, 0.25) is 0 Å². The zero-order chi connectivity index (χ0) is 22.3. The van der Waals surface area contributed by atoms with Gasteiger partial charge < -0.3 is 20.5 Å². The minimum atomic E-state index is -1.26. The van der Waals surface area contributed by atoms with Crippen LogP contribution in [-0.4, -0.2) is 38.9 Å². The first-order valence-electron chi connectivity index (χ1n) is 10.3. The molecule has 4 rings (SSSR count). The lowest BCUT2D eigenvalue weighted by Crippen LogP contribution is -2.41. The third-order valence-corrected chi connectivity index (χ3v) is 5.62. The van der Waals surface area contributed by atoms with E-state index in [1.807, 2.05) is 4.57 Å². The molecule has 7 nitrogen and oxygen atoms in total. The quantitative estimate of drug-likeness (QED) is 0.682. The molecule has 10 heteroatoms. The lowest BCUT2D eigenvalue weighted by atomic mass is 10.0. The summed E-state index contributed by atoms with van der Waals surface area (Å²) in [6, 6.07) is 0.509. The van der Waals surface area contributed by atoms with Gasteiger partial charge in [-0.25, -0.2) is 18.2 Å². The van der Waals surface area contributed by atoms with Gasteiger partial charge in [0.05, 0.1) is 12.2 Å². The molecule has 1 aromatic carbocycles. The van der Waals surface area contributed by atoms with Crippen molar-refractivity contribution in [2.24, 2.45) is 5.73 Å². The highest BCUT2D eigenvalue weighted by Crippen LogP contribution is 2.43. The molecule has 0 spiro atoms. The molecule has 0 radical (unpaired) electrons. The van der Waals surface area contributed by atoms with E-state index in [1.54, 1.807) is 4.90 Å². The van der Waals surface area contributed by atoms with Crippen molar-refractivity contribution >= 4 is 17.6 Å². The van der Waals surface area contributed by atoms with E-state index in [-0.39, 0.29) is 36.8 Å². The van der Waals surface area contributed by atoms with Crippen molar-refractivity contribution < 1.29 is 22.8 Å². The summed E-state index contributed by atoms with van der Waals surface area (Å²) >= 11 is 0. The van der Waals surface area contributed by atoms with E-state index in [4.69, 9.17) is 5.73 Å². The molecule has 2 amide bonds. The smallest absolute Gasteiger partial charge is 0.224 e. The molecule has 0 saturated heterocycles. The second-order valence-electron chi connectivity index (χ2n) is 8.21. The number of halogens is 3. The molecule has 3 N–H and O–H groups in total. The van der Waals surface area contributed by atoms with E-state index in [0.717, 1.165) is 24.6 Å². The van der Waals surface area contributed by atoms with Gasteiger partial charge in [-0.3, -0.25) is 9.59 Å². The summed E-state index contributed by atoms with van der Waals surface area (Å²) in [5.41, 5.74) is 6.80. The van der Waals surface area contributed by atoms with Gasteiger partial charge >= 0.3 is 0 Å². The Morgan fingerprint density at radius 3 is 2.58 bits per heavy atom. The number of imidazole rings is 1. The number of fused-ring (bicyclic) bond motifs is 1. The summed E-state index contributed by atoms with van der Waals surface area (Å²) in [6.45, 7) is 2.64. The van der Waals surface area contributed by atoms with Gasteiger partial charge in [0, 0.05) is 44.5 Å². The number of amides is 2. The fourth-order valence-corrected chi connectivity index (χ4v) is 3.93. The Kier molecular flexibility index (Phi) is 5.74. The summed E-state index contributed by atoms with van der Waals surface area (Å²) in [6.07, 6.45) is 1.91. The van der Waals surface area contributed by atoms with Crippen LogP contribution in [0.4, 0.5) is 19.0 Å². The number of carbonyl (C=O) groups is 2. The summed E-state index contributed by atoms with van der Waals surface area (Å²) in [5, 5.41) is 2.87. The molecule has 1 fully saturated rings. The van der Waals surface area contributed by atoms with E-state index < -0.39 is 23.5 Å². The minimum absolute atomic E-state index is 0.0623. The maximum atomic E-state index is 13.9. The largest absolute Gasteiger partial charge is 0.333 e. The number of rotatable bonds is 6. The van der Waals surface area contributed by atoms with E-state index in [0.29, 0.717) is 36.7 Å². The highest BCUT2D eigenvalue weighted by Gasteiger charge is 2.34. The maximum Gasteiger partial charge on any atom is 0.224 e. The van der Waals surface area contributed by atoms with Crippen molar-refractivity contribution in [3.8, 4) is 0 Å². The van der Waals surface area contributed by atoms with Crippen LogP contribution in [0.3, 0.4) is 0 Å². The van der Waals surface area contributed by atoms with Crippen molar-refractivity contribution in [2.45, 2.75) is 57.7 Å². The van der Waals surface area contributed by atoms with Crippen molar-refractivity contribution in [2.75, 3.05) is 11.9 Å². The van der Waals surface area contributed by atoms with Crippen LogP contribution < -0.4 is 11.1 Å². The third kappa shape index (κ3) is 4.58. The van der Waals surface area contributed by atoms with Gasteiger partial charge in [-0.1, -0.05) is 0 Å². The molecule has 2 aromatic rings. The van der Waals surface area contributed by atoms with E-state index in [2.05, 4.69) is 10.3 Å². The number of carbonyl (C=O) groups excluding carboxylic acids is 2. The lowest BCUT2D eigenvalue weighted by molar-refractivity contribution is -0.133. The second-order valence-corrected chi connectivity index (χ2v) is 8.21. The fourth-order valence-electron chi connectivity index (χ4n) is 3.93. The van der Waals surface area contributed by atoms with Crippen LogP contribution in [0.5, 0.6) is 0 Å². The number of aromatic nitrogens is 2. The van der Waals surface area contributed by atoms with E-state index >= 15 is 0 Å². The highest BCUT2D eigenvalue weighted by atomic mass is 19.2. The van der Waals surface area contributed by atoms with Crippen LogP contribution in [0.15, 0.2) is 12.1 Å². The Bertz CT molecular complexity index is 1030. The van der Waals surface area contributed by atoms with Crippen LogP contribution in [-0.2, 0) is 29.1 Å². The number of benzene rings is 1. The molecule has 1 unspecified atom stereocenters. The van der Waals surface area contributed by atoms with Gasteiger partial charge in [0.25, 0.3) is 0 Å². The number of hydrogen-bond donors (Lipinski definition) is 2. The highest BCUT2D eigenvalue weighted by molar-refractivity contribution is 5.88. The van der Waals surface area contributed by atoms with Crippen LogP contribution in [0.1, 0.15) is 49.2 Å². The second kappa shape index (κ2) is 8.33. The molecule has 31 heavy (non-hydrogen) atoms. The van der Waals surface area contributed by atoms with Crippen molar-refractivity contribution in [1.82, 2.24) is 14.5 Å². The Morgan fingerprint density at radius 2 is 1.90 bits per heavy atom. The van der Waals surface area contributed by atoms with Crippen molar-refractivity contribution in [3.63, 3.8) is 0 Å². The standard InChI is InChI=1S/C21H24F3N5O2/c1-11(30)26-21-20(12-2-3-12)27-18-10-28(4-5-29(18)21)19(31)8-14(25)6-13-7-16(23)17(24)9-15(13)22/h7,9,12,14H,2-6,8,10,25H2,1H3,(H,26,30). The Morgan fingerprint density at radius 1 is 1.19 bits per heavy atom. The monoisotopic (exact) mass is 435 g/mol. The SMILES string of the molecule is CC(=O)Nc1c(C2CC2)nc2n1CCN(C(=O)CC(N)Cc1cc(F)c(F)cc1F)C2. The lowest BCUT2D eigenvalue weighted by Gasteiger charge is -2.29. The van der Waals surface area contributed by atoms with Gasteiger partial charge in [0.1, 0.15) is 17.5 Å². The zero-order valence-electron chi connectivity index (χ0n) is 17.1. The molecule has 1 atom stereocenters. The predicted octanol–water partition coefficient (Wildman–Crippen LogP) is 2.44. The maximum absolute atomic E-state index is 13.9. The Labute approximate surface area is 177 Å². The first-order valence-corrected chi connectivity index (χ1v) is 10.3. The summed E-state index contributed by atoms with van der Waals surface area (Å²) in [4.78, 5) is 30.6. The van der Waals surface area contributed by atoms with Crippen molar-refractivity contribution in [3.05, 3.63) is 46.7 Å². The minimum Gasteiger partial charge on any atom is -0.333 e. The van der Waals surface area contributed by atoms with Crippen LogP contribution in [0.25, 0.3) is 0 Å². The van der Waals surface area contributed by atoms with E-state index in [9.17, 15) is 22.8 Å². The molecule has 0 bridgehead atoms. The molecule has 166 valence electrons. The molecule has 1 saturated carbocycles. The average Bonchev–Trinajstić information content (AvgIpc) is 3.48. The average molecular weight is 435 g/mol. The van der Waals surface area contributed by atoms with Gasteiger partial charge in [-0.15, -0.1) is 0 Å². The molecule has 1 aromatic heterocycles. The molecule has 2 heterocycles. The van der Waals surface area contributed by atoms with Crippen LogP contribution >= 0.6 is 0 Å². The number of anilines is 1. The number of nitrogens with two attached hydrogens (primary N) is 1. The first kappa shape index (κ1) is 21.4. The summed E-state index contributed by atoms with van der Waals surface area (Å²) < 4.78 is 42.3. The fraction of sp³-hybridized carbons (Fsp3) is 0.476. The topological polar surface area (TPSA) is 93.2 Å². The number of hydrogen-bond acceptors (Lipinski definition) is 4. The number of nitrogens with one attached hydrogen (secondary N) is 1. The molecule has 1 aliphatic heterocycles.